The summed E-state index contributed by atoms with van der Waals surface area (Å²) in [6.07, 6.45) is 2.04. The average molecular weight is 372 g/mol. The highest BCUT2D eigenvalue weighted by atomic mass is 32.2. The third-order valence-corrected chi connectivity index (χ3v) is 5.22. The molecule has 2 N–H and O–H groups in total. The standard InChI is InChI=1S/C20H24N2O3S/c1-4-25-18-10-13(8-9-17(18)24-2)16(12-26-3)22-11-14-6-5-7-15(21)19(14)20(22)23/h5-10,16H,4,11-12,21H2,1-3H3. The van der Waals surface area contributed by atoms with Crippen LogP contribution in [-0.2, 0) is 6.54 Å². The first kappa shape index (κ1) is 18.5. The molecule has 0 aromatic heterocycles. The van der Waals surface area contributed by atoms with Crippen LogP contribution in [0, 0.1) is 0 Å². The van der Waals surface area contributed by atoms with E-state index in [2.05, 4.69) is 0 Å². The molecule has 26 heavy (non-hydrogen) atoms. The molecule has 1 amide bonds. The lowest BCUT2D eigenvalue weighted by Crippen LogP contribution is -2.31. The van der Waals surface area contributed by atoms with Crippen LogP contribution in [0.1, 0.15) is 34.5 Å². The predicted octanol–water partition coefficient (Wildman–Crippen LogP) is 3.74. The summed E-state index contributed by atoms with van der Waals surface area (Å²) in [6, 6.07) is 11.5. The molecule has 1 atom stereocenters. The molecule has 0 aliphatic carbocycles. The fraction of sp³-hybridized carbons (Fsp3) is 0.350. The first-order valence-corrected chi connectivity index (χ1v) is 9.98. The van der Waals surface area contributed by atoms with Crippen LogP contribution in [0.3, 0.4) is 0 Å². The van der Waals surface area contributed by atoms with Crippen LogP contribution in [0.2, 0.25) is 0 Å². The number of hydrogen-bond donors (Lipinski definition) is 1. The van der Waals surface area contributed by atoms with Gasteiger partial charge in [-0.25, -0.2) is 0 Å². The molecule has 0 radical (unpaired) electrons. The Morgan fingerprint density at radius 1 is 1.27 bits per heavy atom. The van der Waals surface area contributed by atoms with Gasteiger partial charge in [0.1, 0.15) is 0 Å². The normalized spacial score (nSPS) is 14.3. The number of amides is 1. The first-order chi connectivity index (χ1) is 12.6. The molecule has 0 spiro atoms. The number of carbonyl (C=O) groups is 1. The zero-order valence-corrected chi connectivity index (χ0v) is 16.1. The molecule has 1 heterocycles. The van der Waals surface area contributed by atoms with E-state index in [9.17, 15) is 4.79 Å². The number of methoxy groups -OCH3 is 1. The van der Waals surface area contributed by atoms with Gasteiger partial charge < -0.3 is 20.1 Å². The third kappa shape index (κ3) is 3.33. The van der Waals surface area contributed by atoms with E-state index in [-0.39, 0.29) is 11.9 Å². The van der Waals surface area contributed by atoms with Gasteiger partial charge in [-0.1, -0.05) is 18.2 Å². The van der Waals surface area contributed by atoms with Gasteiger partial charge in [0.25, 0.3) is 5.91 Å². The van der Waals surface area contributed by atoms with Gasteiger partial charge in [-0.05, 0) is 42.5 Å². The minimum Gasteiger partial charge on any atom is -0.493 e. The van der Waals surface area contributed by atoms with E-state index in [1.165, 1.54) is 0 Å². The van der Waals surface area contributed by atoms with E-state index < -0.39 is 0 Å². The number of rotatable bonds is 7. The van der Waals surface area contributed by atoms with Crippen molar-refractivity contribution in [3.63, 3.8) is 0 Å². The van der Waals surface area contributed by atoms with Crippen molar-refractivity contribution in [2.24, 2.45) is 0 Å². The Kier molecular flexibility index (Phi) is 5.61. The quantitative estimate of drug-likeness (QED) is 0.750. The Balaban J connectivity index is 1.97. The fourth-order valence-corrected chi connectivity index (χ4v) is 4.04. The van der Waals surface area contributed by atoms with Crippen LogP contribution in [0.25, 0.3) is 0 Å². The minimum atomic E-state index is -0.0607. The number of nitrogens with zero attached hydrogens (tertiary/aromatic N) is 1. The lowest BCUT2D eigenvalue weighted by atomic mass is 10.1. The van der Waals surface area contributed by atoms with Crippen LogP contribution in [0.5, 0.6) is 11.5 Å². The van der Waals surface area contributed by atoms with Gasteiger partial charge in [0.15, 0.2) is 11.5 Å². The van der Waals surface area contributed by atoms with Crippen molar-refractivity contribution in [3.05, 3.63) is 53.1 Å². The van der Waals surface area contributed by atoms with E-state index in [0.29, 0.717) is 35.9 Å². The number of nitrogens with two attached hydrogens (primary N) is 1. The van der Waals surface area contributed by atoms with Gasteiger partial charge in [0, 0.05) is 18.0 Å². The smallest absolute Gasteiger partial charge is 0.257 e. The molecule has 0 bridgehead atoms. The van der Waals surface area contributed by atoms with Crippen LogP contribution in [0.4, 0.5) is 5.69 Å². The molecule has 0 saturated heterocycles. The molecule has 0 saturated carbocycles. The van der Waals surface area contributed by atoms with Gasteiger partial charge in [0.05, 0.1) is 25.3 Å². The lowest BCUT2D eigenvalue weighted by Gasteiger charge is -2.28. The van der Waals surface area contributed by atoms with Gasteiger partial charge >= 0.3 is 0 Å². The van der Waals surface area contributed by atoms with E-state index in [1.54, 1.807) is 24.9 Å². The summed E-state index contributed by atoms with van der Waals surface area (Å²) < 4.78 is 11.1. The minimum absolute atomic E-state index is 0.00840. The maximum atomic E-state index is 13.0. The molecule has 1 aliphatic rings. The summed E-state index contributed by atoms with van der Waals surface area (Å²) in [7, 11) is 1.63. The molecule has 6 heteroatoms. The summed E-state index contributed by atoms with van der Waals surface area (Å²) in [5.74, 6) is 2.17. The van der Waals surface area contributed by atoms with Crippen LogP contribution in [-0.4, -0.2) is 36.5 Å². The van der Waals surface area contributed by atoms with Gasteiger partial charge in [0.2, 0.25) is 0 Å². The zero-order valence-electron chi connectivity index (χ0n) is 15.3. The Morgan fingerprint density at radius 2 is 2.08 bits per heavy atom. The zero-order chi connectivity index (χ0) is 18.7. The fourth-order valence-electron chi connectivity index (χ4n) is 3.36. The number of thioether (sulfide) groups is 1. The topological polar surface area (TPSA) is 64.8 Å². The van der Waals surface area contributed by atoms with Crippen molar-refractivity contribution in [2.45, 2.75) is 19.5 Å². The van der Waals surface area contributed by atoms with Crippen molar-refractivity contribution in [3.8, 4) is 11.5 Å². The van der Waals surface area contributed by atoms with E-state index in [0.717, 1.165) is 16.9 Å². The van der Waals surface area contributed by atoms with Gasteiger partial charge in [-0.3, -0.25) is 4.79 Å². The Bertz CT molecular complexity index is 810. The van der Waals surface area contributed by atoms with Crippen LogP contribution in [0.15, 0.2) is 36.4 Å². The summed E-state index contributed by atoms with van der Waals surface area (Å²) >= 11 is 1.71. The Morgan fingerprint density at radius 3 is 2.73 bits per heavy atom. The van der Waals surface area contributed by atoms with Gasteiger partial charge in [-0.15, -0.1) is 0 Å². The number of hydrogen-bond acceptors (Lipinski definition) is 5. The third-order valence-electron chi connectivity index (χ3n) is 4.57. The second kappa shape index (κ2) is 7.91. The number of nitrogen functional groups attached to an aromatic ring is 1. The summed E-state index contributed by atoms with van der Waals surface area (Å²) in [5.41, 5.74) is 9.25. The van der Waals surface area contributed by atoms with Crippen molar-refractivity contribution in [2.75, 3.05) is 31.5 Å². The number of carbonyl (C=O) groups excluding carboxylic acids is 1. The monoisotopic (exact) mass is 372 g/mol. The predicted molar refractivity (Wildman–Crippen MR) is 106 cm³/mol. The summed E-state index contributed by atoms with van der Waals surface area (Å²) in [5, 5.41) is 0. The highest BCUT2D eigenvalue weighted by Crippen LogP contribution is 2.38. The summed E-state index contributed by atoms with van der Waals surface area (Å²) in [4.78, 5) is 14.9. The molecule has 1 unspecified atom stereocenters. The Labute approximate surface area is 158 Å². The maximum absolute atomic E-state index is 13.0. The van der Waals surface area contributed by atoms with E-state index in [4.69, 9.17) is 15.2 Å². The lowest BCUT2D eigenvalue weighted by molar-refractivity contribution is 0.0720. The molecule has 2 aromatic carbocycles. The highest BCUT2D eigenvalue weighted by molar-refractivity contribution is 7.98. The molecular weight excluding hydrogens is 348 g/mol. The first-order valence-electron chi connectivity index (χ1n) is 8.58. The summed E-state index contributed by atoms with van der Waals surface area (Å²) in [6.45, 7) is 3.06. The van der Waals surface area contributed by atoms with E-state index in [1.807, 2.05) is 48.4 Å². The second-order valence-corrected chi connectivity index (χ2v) is 7.04. The number of anilines is 1. The number of ether oxygens (including phenoxy) is 2. The van der Waals surface area contributed by atoms with Gasteiger partial charge in [-0.2, -0.15) is 11.8 Å². The molecule has 3 rings (SSSR count). The SMILES string of the molecule is CCOc1cc(C(CSC)N2Cc3cccc(N)c3C2=O)ccc1OC. The van der Waals surface area contributed by atoms with Crippen molar-refractivity contribution in [1.29, 1.82) is 0 Å². The van der Waals surface area contributed by atoms with E-state index >= 15 is 0 Å². The average Bonchev–Trinajstić information content (AvgIpc) is 2.97. The maximum Gasteiger partial charge on any atom is 0.257 e. The van der Waals surface area contributed by atoms with Crippen LogP contribution < -0.4 is 15.2 Å². The largest absolute Gasteiger partial charge is 0.493 e. The molecular formula is C20H24N2O3S. The van der Waals surface area contributed by atoms with Crippen molar-refractivity contribution < 1.29 is 14.3 Å². The highest BCUT2D eigenvalue weighted by Gasteiger charge is 2.34. The second-order valence-electron chi connectivity index (χ2n) is 6.13. The molecule has 0 fully saturated rings. The number of benzene rings is 2. The molecule has 1 aliphatic heterocycles. The molecule has 2 aromatic rings. The van der Waals surface area contributed by atoms with Crippen molar-refractivity contribution in [1.82, 2.24) is 4.90 Å². The number of fused-ring (bicyclic) bond motifs is 1. The molecule has 5 nitrogen and oxygen atoms in total. The van der Waals surface area contributed by atoms with Crippen molar-refractivity contribution >= 4 is 23.4 Å². The van der Waals surface area contributed by atoms with Crippen LogP contribution >= 0.6 is 11.8 Å². The molecule has 138 valence electrons. The Hall–Kier alpha value is -2.34.